The molecule has 62 valence electrons. The molecule has 0 unspecified atom stereocenters. The first-order valence-electron chi connectivity index (χ1n) is 3.16. The Morgan fingerprint density at radius 2 is 2.25 bits per heavy atom. The summed E-state index contributed by atoms with van der Waals surface area (Å²) in [5.74, 6) is 0. The SMILES string of the molecule is C=Nc1cc([N+](=O)[O-])ccc1N. The molecule has 0 atom stereocenters. The molecule has 12 heavy (non-hydrogen) atoms. The summed E-state index contributed by atoms with van der Waals surface area (Å²) in [4.78, 5) is 13.3. The van der Waals surface area contributed by atoms with Gasteiger partial charge in [-0.1, -0.05) is 0 Å². The standard InChI is InChI=1S/C7H7N3O2/c1-9-7-4-5(10(11)12)2-3-6(7)8/h2-4H,1,8H2. The Bertz CT molecular complexity index is 335. The van der Waals surface area contributed by atoms with Gasteiger partial charge in [0.25, 0.3) is 5.69 Å². The number of nitrogen functional groups attached to an aromatic ring is 1. The van der Waals surface area contributed by atoms with Crippen molar-refractivity contribution in [2.75, 3.05) is 5.73 Å². The smallest absolute Gasteiger partial charge is 0.271 e. The Morgan fingerprint density at radius 3 is 2.75 bits per heavy atom. The minimum atomic E-state index is -0.506. The Morgan fingerprint density at radius 1 is 1.58 bits per heavy atom. The van der Waals surface area contributed by atoms with Gasteiger partial charge in [-0.2, -0.15) is 0 Å². The van der Waals surface area contributed by atoms with E-state index in [-0.39, 0.29) is 5.69 Å². The van der Waals surface area contributed by atoms with E-state index in [1.54, 1.807) is 0 Å². The summed E-state index contributed by atoms with van der Waals surface area (Å²) in [5.41, 5.74) is 6.13. The summed E-state index contributed by atoms with van der Waals surface area (Å²) >= 11 is 0. The second kappa shape index (κ2) is 3.00. The number of nitro benzene ring substituents is 1. The van der Waals surface area contributed by atoms with Crippen LogP contribution in [0.2, 0.25) is 0 Å². The number of hydrogen-bond acceptors (Lipinski definition) is 4. The molecule has 0 saturated carbocycles. The second-order valence-electron chi connectivity index (χ2n) is 2.16. The summed E-state index contributed by atoms with van der Waals surface area (Å²) in [5, 5.41) is 10.3. The number of benzene rings is 1. The first kappa shape index (κ1) is 8.19. The molecule has 5 heteroatoms. The van der Waals surface area contributed by atoms with Crippen LogP contribution >= 0.6 is 0 Å². The lowest BCUT2D eigenvalue weighted by Crippen LogP contribution is -1.90. The minimum Gasteiger partial charge on any atom is -0.397 e. The molecule has 1 aromatic carbocycles. The Labute approximate surface area is 68.7 Å². The van der Waals surface area contributed by atoms with E-state index in [0.29, 0.717) is 11.4 Å². The highest BCUT2D eigenvalue weighted by atomic mass is 16.6. The molecule has 0 bridgehead atoms. The molecule has 2 N–H and O–H groups in total. The van der Waals surface area contributed by atoms with E-state index in [2.05, 4.69) is 11.7 Å². The number of nitro groups is 1. The van der Waals surface area contributed by atoms with E-state index >= 15 is 0 Å². The molecule has 5 nitrogen and oxygen atoms in total. The van der Waals surface area contributed by atoms with Crippen molar-refractivity contribution >= 4 is 23.8 Å². The maximum absolute atomic E-state index is 10.3. The van der Waals surface area contributed by atoms with Crippen molar-refractivity contribution in [1.29, 1.82) is 0 Å². The van der Waals surface area contributed by atoms with Crippen LogP contribution in [0.3, 0.4) is 0 Å². The van der Waals surface area contributed by atoms with Crippen LogP contribution in [0.5, 0.6) is 0 Å². The molecule has 0 aromatic heterocycles. The Balaban J connectivity index is 3.22. The second-order valence-corrected chi connectivity index (χ2v) is 2.16. The van der Waals surface area contributed by atoms with E-state index in [4.69, 9.17) is 5.73 Å². The molecular weight excluding hydrogens is 158 g/mol. The van der Waals surface area contributed by atoms with Crippen molar-refractivity contribution in [2.45, 2.75) is 0 Å². The summed E-state index contributed by atoms with van der Waals surface area (Å²) in [6, 6.07) is 4.04. The van der Waals surface area contributed by atoms with E-state index in [0.717, 1.165) is 0 Å². The highest BCUT2D eigenvalue weighted by molar-refractivity contribution is 5.68. The molecular formula is C7H7N3O2. The molecule has 1 aromatic rings. The van der Waals surface area contributed by atoms with Crippen LogP contribution in [-0.2, 0) is 0 Å². The summed E-state index contributed by atoms with van der Waals surface area (Å²) in [6.07, 6.45) is 0. The maximum atomic E-state index is 10.3. The van der Waals surface area contributed by atoms with Crippen molar-refractivity contribution in [3.63, 3.8) is 0 Å². The predicted octanol–water partition coefficient (Wildman–Crippen LogP) is 1.51. The zero-order valence-corrected chi connectivity index (χ0v) is 6.23. The number of hydrogen-bond donors (Lipinski definition) is 1. The maximum Gasteiger partial charge on any atom is 0.271 e. The lowest BCUT2D eigenvalue weighted by molar-refractivity contribution is -0.384. The van der Waals surface area contributed by atoms with E-state index < -0.39 is 4.92 Å². The molecule has 0 saturated heterocycles. The van der Waals surface area contributed by atoms with Gasteiger partial charge in [-0.25, -0.2) is 0 Å². The van der Waals surface area contributed by atoms with Crippen LogP contribution in [0.1, 0.15) is 0 Å². The van der Waals surface area contributed by atoms with Crippen LogP contribution < -0.4 is 5.73 Å². The monoisotopic (exact) mass is 165 g/mol. The number of rotatable bonds is 2. The zero-order valence-electron chi connectivity index (χ0n) is 6.23. The average molecular weight is 165 g/mol. The lowest BCUT2D eigenvalue weighted by atomic mass is 10.2. The van der Waals surface area contributed by atoms with Crippen molar-refractivity contribution in [1.82, 2.24) is 0 Å². The molecule has 0 fully saturated rings. The molecule has 0 aliphatic carbocycles. The van der Waals surface area contributed by atoms with Gasteiger partial charge in [0.05, 0.1) is 16.3 Å². The van der Waals surface area contributed by atoms with E-state index in [1.165, 1.54) is 18.2 Å². The summed E-state index contributed by atoms with van der Waals surface area (Å²) in [6.45, 7) is 3.24. The third kappa shape index (κ3) is 1.39. The highest BCUT2D eigenvalue weighted by Gasteiger charge is 2.06. The van der Waals surface area contributed by atoms with Gasteiger partial charge in [0.2, 0.25) is 0 Å². The highest BCUT2D eigenvalue weighted by Crippen LogP contribution is 2.26. The number of anilines is 1. The van der Waals surface area contributed by atoms with Crippen LogP contribution in [0, 0.1) is 10.1 Å². The Kier molecular flexibility index (Phi) is 2.05. The Hall–Kier alpha value is -1.91. The van der Waals surface area contributed by atoms with Gasteiger partial charge < -0.3 is 5.73 Å². The first-order chi connectivity index (χ1) is 5.65. The molecule has 0 aliphatic heterocycles. The third-order valence-electron chi connectivity index (χ3n) is 1.40. The molecule has 1 rings (SSSR count). The fourth-order valence-electron chi connectivity index (χ4n) is 0.783. The molecule has 0 aliphatic rings. The fraction of sp³-hybridized carbons (Fsp3) is 0. The van der Waals surface area contributed by atoms with Crippen molar-refractivity contribution < 1.29 is 4.92 Å². The zero-order chi connectivity index (χ0) is 9.14. The molecule has 0 radical (unpaired) electrons. The van der Waals surface area contributed by atoms with Gasteiger partial charge in [0.15, 0.2) is 0 Å². The van der Waals surface area contributed by atoms with Crippen molar-refractivity contribution in [3.8, 4) is 0 Å². The summed E-state index contributed by atoms with van der Waals surface area (Å²) in [7, 11) is 0. The minimum absolute atomic E-state index is 0.0356. The van der Waals surface area contributed by atoms with Crippen LogP contribution in [-0.4, -0.2) is 11.6 Å². The fourth-order valence-corrected chi connectivity index (χ4v) is 0.783. The van der Waals surface area contributed by atoms with Crippen LogP contribution in [0.25, 0.3) is 0 Å². The van der Waals surface area contributed by atoms with Crippen molar-refractivity contribution in [2.24, 2.45) is 4.99 Å². The van der Waals surface area contributed by atoms with Gasteiger partial charge in [-0.15, -0.1) is 0 Å². The quantitative estimate of drug-likeness (QED) is 0.312. The predicted molar refractivity (Wildman–Crippen MR) is 46.7 cm³/mol. The van der Waals surface area contributed by atoms with E-state index in [1.807, 2.05) is 0 Å². The van der Waals surface area contributed by atoms with E-state index in [9.17, 15) is 10.1 Å². The average Bonchev–Trinajstić information content (AvgIpc) is 2.05. The number of nitrogens with two attached hydrogens (primary N) is 1. The summed E-state index contributed by atoms with van der Waals surface area (Å²) < 4.78 is 0. The molecule has 0 heterocycles. The normalized spacial score (nSPS) is 9.33. The van der Waals surface area contributed by atoms with Crippen LogP contribution in [0.15, 0.2) is 23.2 Å². The number of non-ortho nitro benzene ring substituents is 1. The molecule has 0 amide bonds. The van der Waals surface area contributed by atoms with Gasteiger partial charge in [-0.3, -0.25) is 15.1 Å². The van der Waals surface area contributed by atoms with Gasteiger partial charge >= 0.3 is 0 Å². The largest absolute Gasteiger partial charge is 0.397 e. The third-order valence-corrected chi connectivity index (χ3v) is 1.40. The first-order valence-corrected chi connectivity index (χ1v) is 3.16. The molecule has 0 spiro atoms. The van der Waals surface area contributed by atoms with Crippen LogP contribution in [0.4, 0.5) is 17.1 Å². The van der Waals surface area contributed by atoms with Crippen molar-refractivity contribution in [3.05, 3.63) is 28.3 Å². The lowest BCUT2D eigenvalue weighted by Gasteiger charge is -1.97. The number of aliphatic imine (C=N–C) groups is 1. The topological polar surface area (TPSA) is 81.5 Å². The number of nitrogens with zero attached hydrogens (tertiary/aromatic N) is 2. The van der Waals surface area contributed by atoms with Gasteiger partial charge in [0.1, 0.15) is 0 Å². The van der Waals surface area contributed by atoms with Gasteiger partial charge in [0, 0.05) is 12.1 Å². The van der Waals surface area contributed by atoms with Gasteiger partial charge in [-0.05, 0) is 12.8 Å².